The normalized spacial score (nSPS) is 35.4. The number of piperidine rings is 1. The molecule has 2 nitrogen and oxygen atoms in total. The van der Waals surface area contributed by atoms with Crippen LogP contribution in [0.3, 0.4) is 0 Å². The minimum atomic E-state index is 0.814. The van der Waals surface area contributed by atoms with Crippen LogP contribution in [-0.4, -0.2) is 36.3 Å². The van der Waals surface area contributed by atoms with E-state index in [0.29, 0.717) is 0 Å². The summed E-state index contributed by atoms with van der Waals surface area (Å²) in [4.78, 5) is 7.31. The Kier molecular flexibility index (Phi) is 3.22. The molecular weight excluding hydrogens is 172 g/mol. The van der Waals surface area contributed by atoms with Gasteiger partial charge in [0, 0.05) is 37.2 Å². The molecule has 0 amide bonds. The minimum absolute atomic E-state index is 0.814. The molecule has 2 heteroatoms. The molecule has 2 saturated heterocycles. The van der Waals surface area contributed by atoms with Crippen molar-refractivity contribution in [3.05, 3.63) is 0 Å². The molecular formula is C12H22N2. The van der Waals surface area contributed by atoms with Gasteiger partial charge in [0.2, 0.25) is 0 Å². The Labute approximate surface area is 87.4 Å². The van der Waals surface area contributed by atoms with Crippen LogP contribution in [0.5, 0.6) is 0 Å². The highest BCUT2D eigenvalue weighted by Crippen LogP contribution is 2.32. The number of hydrogen-bond donors (Lipinski definition) is 0. The van der Waals surface area contributed by atoms with E-state index in [4.69, 9.17) is 4.99 Å². The predicted molar refractivity (Wildman–Crippen MR) is 61.0 cm³/mol. The van der Waals surface area contributed by atoms with Gasteiger partial charge in [-0.2, -0.15) is 0 Å². The van der Waals surface area contributed by atoms with Crippen LogP contribution in [0.15, 0.2) is 4.99 Å². The number of rotatable bonds is 3. The Morgan fingerprint density at radius 1 is 1.29 bits per heavy atom. The molecule has 2 fully saturated rings. The van der Waals surface area contributed by atoms with Gasteiger partial charge in [-0.05, 0) is 26.3 Å². The lowest BCUT2D eigenvalue weighted by molar-refractivity contribution is 0.231. The van der Waals surface area contributed by atoms with Crippen LogP contribution in [0.1, 0.15) is 45.4 Å². The second kappa shape index (κ2) is 4.43. The monoisotopic (exact) mass is 194 g/mol. The SMILES string of the molecule is CCCCN=C1C[C@H]2CC[C@@H](C1)N2C. The topological polar surface area (TPSA) is 15.6 Å². The van der Waals surface area contributed by atoms with Crippen LogP contribution in [0.25, 0.3) is 0 Å². The Hall–Kier alpha value is -0.370. The first kappa shape index (κ1) is 10.2. The summed E-state index contributed by atoms with van der Waals surface area (Å²) in [7, 11) is 2.28. The Morgan fingerprint density at radius 3 is 2.50 bits per heavy atom. The molecule has 2 aliphatic heterocycles. The Bertz CT molecular complexity index is 206. The van der Waals surface area contributed by atoms with Gasteiger partial charge in [0.05, 0.1) is 0 Å². The first-order valence-electron chi connectivity index (χ1n) is 6.05. The van der Waals surface area contributed by atoms with Crippen LogP contribution in [0.4, 0.5) is 0 Å². The van der Waals surface area contributed by atoms with Gasteiger partial charge in [0.1, 0.15) is 0 Å². The highest BCUT2D eigenvalue weighted by molar-refractivity contribution is 5.86. The molecule has 0 unspecified atom stereocenters. The predicted octanol–water partition coefficient (Wildman–Crippen LogP) is 2.48. The van der Waals surface area contributed by atoms with Crippen molar-refractivity contribution in [1.29, 1.82) is 0 Å². The average molecular weight is 194 g/mol. The van der Waals surface area contributed by atoms with Gasteiger partial charge in [-0.1, -0.05) is 13.3 Å². The molecule has 2 bridgehead atoms. The zero-order valence-corrected chi connectivity index (χ0v) is 9.50. The van der Waals surface area contributed by atoms with E-state index in [-0.39, 0.29) is 0 Å². The zero-order valence-electron chi connectivity index (χ0n) is 9.50. The quantitative estimate of drug-likeness (QED) is 0.630. The third kappa shape index (κ3) is 2.00. The van der Waals surface area contributed by atoms with E-state index in [1.54, 1.807) is 0 Å². The molecule has 0 aromatic carbocycles. The smallest absolute Gasteiger partial charge is 0.0388 e. The van der Waals surface area contributed by atoms with E-state index in [1.807, 2.05) is 0 Å². The summed E-state index contributed by atoms with van der Waals surface area (Å²) in [5.41, 5.74) is 1.50. The van der Waals surface area contributed by atoms with Gasteiger partial charge in [-0.15, -0.1) is 0 Å². The van der Waals surface area contributed by atoms with Crippen molar-refractivity contribution < 1.29 is 0 Å². The maximum absolute atomic E-state index is 4.74. The summed E-state index contributed by atoms with van der Waals surface area (Å²) < 4.78 is 0. The van der Waals surface area contributed by atoms with E-state index >= 15 is 0 Å². The van der Waals surface area contributed by atoms with Crippen LogP contribution in [0.2, 0.25) is 0 Å². The lowest BCUT2D eigenvalue weighted by Gasteiger charge is -2.31. The molecule has 0 spiro atoms. The van der Waals surface area contributed by atoms with Gasteiger partial charge in [0.25, 0.3) is 0 Å². The molecule has 2 atom stereocenters. The molecule has 2 heterocycles. The lowest BCUT2D eigenvalue weighted by atomic mass is 10.0. The number of nitrogens with zero attached hydrogens (tertiary/aromatic N) is 2. The third-order valence-corrected chi connectivity index (χ3v) is 3.77. The van der Waals surface area contributed by atoms with Crippen LogP contribution in [-0.2, 0) is 0 Å². The number of aliphatic imine (C=N–C) groups is 1. The van der Waals surface area contributed by atoms with Crippen molar-refractivity contribution in [1.82, 2.24) is 4.90 Å². The lowest BCUT2D eigenvalue weighted by Crippen LogP contribution is -2.40. The maximum atomic E-state index is 4.74. The average Bonchev–Trinajstić information content (AvgIpc) is 2.41. The van der Waals surface area contributed by atoms with Crippen molar-refractivity contribution in [2.75, 3.05) is 13.6 Å². The zero-order chi connectivity index (χ0) is 9.97. The number of fused-ring (bicyclic) bond motifs is 2. The molecule has 0 N–H and O–H groups in total. The van der Waals surface area contributed by atoms with Gasteiger partial charge < -0.3 is 0 Å². The summed E-state index contributed by atoms with van der Waals surface area (Å²) in [6.07, 6.45) is 7.81. The van der Waals surface area contributed by atoms with Crippen LogP contribution in [0, 0.1) is 0 Å². The Balaban J connectivity index is 1.89. The van der Waals surface area contributed by atoms with Gasteiger partial charge in [-0.25, -0.2) is 0 Å². The fraction of sp³-hybridized carbons (Fsp3) is 0.917. The fourth-order valence-electron chi connectivity index (χ4n) is 2.73. The van der Waals surface area contributed by atoms with Crippen molar-refractivity contribution >= 4 is 5.71 Å². The van der Waals surface area contributed by atoms with Crippen molar-refractivity contribution in [2.24, 2.45) is 4.99 Å². The van der Waals surface area contributed by atoms with Crippen molar-refractivity contribution in [2.45, 2.75) is 57.5 Å². The highest BCUT2D eigenvalue weighted by atomic mass is 15.2. The summed E-state index contributed by atoms with van der Waals surface area (Å²) in [5.74, 6) is 0. The summed E-state index contributed by atoms with van der Waals surface area (Å²) in [5, 5.41) is 0. The van der Waals surface area contributed by atoms with E-state index in [2.05, 4.69) is 18.9 Å². The standard InChI is InChI=1S/C12H22N2/c1-3-4-7-13-10-8-11-5-6-12(9-10)14(11)2/h11-12H,3-9H2,1-2H3/t11-,12+. The summed E-state index contributed by atoms with van der Waals surface area (Å²) in [6, 6.07) is 1.63. The van der Waals surface area contributed by atoms with Crippen LogP contribution < -0.4 is 0 Å². The molecule has 80 valence electrons. The highest BCUT2D eigenvalue weighted by Gasteiger charge is 2.36. The van der Waals surface area contributed by atoms with Crippen LogP contribution >= 0.6 is 0 Å². The third-order valence-electron chi connectivity index (χ3n) is 3.77. The van der Waals surface area contributed by atoms with Gasteiger partial charge >= 0.3 is 0 Å². The maximum Gasteiger partial charge on any atom is 0.0388 e. The van der Waals surface area contributed by atoms with Gasteiger partial charge in [0.15, 0.2) is 0 Å². The molecule has 2 rings (SSSR count). The summed E-state index contributed by atoms with van der Waals surface area (Å²) in [6.45, 7) is 3.30. The number of unbranched alkanes of at least 4 members (excludes halogenated alkanes) is 1. The summed E-state index contributed by atoms with van der Waals surface area (Å²) >= 11 is 0. The second-order valence-electron chi connectivity index (χ2n) is 4.76. The minimum Gasteiger partial charge on any atom is -0.300 e. The van der Waals surface area contributed by atoms with Crippen molar-refractivity contribution in [3.8, 4) is 0 Å². The number of hydrogen-bond acceptors (Lipinski definition) is 2. The molecule has 0 aromatic heterocycles. The second-order valence-corrected chi connectivity index (χ2v) is 4.76. The molecule has 0 aliphatic carbocycles. The molecule has 2 aliphatic rings. The largest absolute Gasteiger partial charge is 0.300 e. The first-order chi connectivity index (χ1) is 6.81. The van der Waals surface area contributed by atoms with E-state index in [1.165, 1.54) is 44.2 Å². The molecule has 14 heavy (non-hydrogen) atoms. The molecule has 0 saturated carbocycles. The van der Waals surface area contributed by atoms with E-state index < -0.39 is 0 Å². The van der Waals surface area contributed by atoms with Gasteiger partial charge in [-0.3, -0.25) is 9.89 Å². The van der Waals surface area contributed by atoms with E-state index in [9.17, 15) is 0 Å². The Morgan fingerprint density at radius 2 is 1.93 bits per heavy atom. The fourth-order valence-corrected chi connectivity index (χ4v) is 2.73. The van der Waals surface area contributed by atoms with E-state index in [0.717, 1.165) is 18.6 Å². The molecule has 0 aromatic rings. The molecule has 0 radical (unpaired) electrons. The van der Waals surface area contributed by atoms with Crippen molar-refractivity contribution in [3.63, 3.8) is 0 Å². The first-order valence-corrected chi connectivity index (χ1v) is 6.05.